The molecule has 4 aromatic rings. The first kappa shape index (κ1) is 15.6. The van der Waals surface area contributed by atoms with Crippen LogP contribution in [0, 0.1) is 0 Å². The number of H-pyrrole nitrogens is 2. The van der Waals surface area contributed by atoms with Crippen molar-refractivity contribution in [3.8, 4) is 0 Å². The maximum atomic E-state index is 5.77. The van der Waals surface area contributed by atoms with Crippen molar-refractivity contribution in [2.45, 2.75) is 0 Å². The molecule has 2 heterocycles. The van der Waals surface area contributed by atoms with Crippen molar-refractivity contribution in [2.24, 2.45) is 21.0 Å². The van der Waals surface area contributed by atoms with E-state index in [0.29, 0.717) is 0 Å². The number of rotatable bonds is 4. The van der Waals surface area contributed by atoms with Gasteiger partial charge in [-0.25, -0.2) is 5.43 Å². The van der Waals surface area contributed by atoms with Gasteiger partial charge in [0.25, 0.3) is 0 Å². The number of guanidine groups is 1. The number of aromatic nitrogens is 2. The number of nitrogens with zero attached hydrogens (tertiary/aromatic N) is 3. The van der Waals surface area contributed by atoms with Crippen LogP contribution in [0.1, 0.15) is 11.1 Å². The lowest BCUT2D eigenvalue weighted by molar-refractivity contribution is 0.994. The largest absolute Gasteiger partial charge is 0.367 e. The highest BCUT2D eigenvalue weighted by Gasteiger charge is 2.00. The van der Waals surface area contributed by atoms with Crippen LogP contribution in [0.25, 0.3) is 21.8 Å². The van der Waals surface area contributed by atoms with Gasteiger partial charge < -0.3 is 15.7 Å². The fraction of sp³-hybridized carbons (Fsp3) is 0. The lowest BCUT2D eigenvalue weighted by atomic mass is 10.2. The predicted molar refractivity (Wildman–Crippen MR) is 107 cm³/mol. The first-order valence-electron chi connectivity index (χ1n) is 8.09. The van der Waals surface area contributed by atoms with Gasteiger partial charge in [-0.1, -0.05) is 36.4 Å². The molecule has 0 saturated carbocycles. The molecule has 0 atom stereocenters. The molecule has 4 rings (SSSR count). The normalized spacial score (nSPS) is 12.7. The molecule has 0 amide bonds. The van der Waals surface area contributed by atoms with E-state index < -0.39 is 0 Å². The van der Waals surface area contributed by atoms with Gasteiger partial charge >= 0.3 is 0 Å². The van der Waals surface area contributed by atoms with Gasteiger partial charge in [0.1, 0.15) is 0 Å². The molecule has 0 saturated heterocycles. The molecule has 0 aliphatic rings. The summed E-state index contributed by atoms with van der Waals surface area (Å²) in [4.78, 5) is 6.36. The van der Waals surface area contributed by atoms with Crippen molar-refractivity contribution in [1.82, 2.24) is 15.4 Å². The maximum absolute atomic E-state index is 5.77. The summed E-state index contributed by atoms with van der Waals surface area (Å²) in [6.45, 7) is 0. The van der Waals surface area contributed by atoms with Crippen molar-refractivity contribution >= 4 is 40.2 Å². The predicted octanol–water partition coefficient (Wildman–Crippen LogP) is 2.92. The molecule has 0 radical (unpaired) electrons. The Kier molecular flexibility index (Phi) is 4.17. The van der Waals surface area contributed by atoms with Crippen molar-refractivity contribution in [3.05, 3.63) is 72.1 Å². The van der Waals surface area contributed by atoms with E-state index in [1.165, 1.54) is 0 Å². The summed E-state index contributed by atoms with van der Waals surface area (Å²) in [5, 5.41) is 14.2. The Labute approximate surface area is 149 Å². The molecule has 0 aliphatic carbocycles. The molecule has 128 valence electrons. The molecule has 0 bridgehead atoms. The molecule has 0 unspecified atom stereocenters. The minimum Gasteiger partial charge on any atom is -0.367 e. The van der Waals surface area contributed by atoms with Crippen LogP contribution in [-0.2, 0) is 0 Å². The van der Waals surface area contributed by atoms with E-state index in [-0.39, 0.29) is 5.96 Å². The van der Waals surface area contributed by atoms with Crippen LogP contribution < -0.4 is 11.2 Å². The van der Waals surface area contributed by atoms with Crippen LogP contribution in [0.2, 0.25) is 0 Å². The molecule has 7 nitrogen and oxygen atoms in total. The molecule has 7 heteroatoms. The van der Waals surface area contributed by atoms with Crippen LogP contribution >= 0.6 is 0 Å². The quantitative estimate of drug-likeness (QED) is 0.260. The maximum Gasteiger partial charge on any atom is 0.234 e. The van der Waals surface area contributed by atoms with E-state index in [4.69, 9.17) is 5.73 Å². The third-order valence-electron chi connectivity index (χ3n) is 3.99. The number of hydrogen-bond acceptors (Lipinski definition) is 3. The highest BCUT2D eigenvalue weighted by atomic mass is 15.4. The van der Waals surface area contributed by atoms with Gasteiger partial charge in [-0.05, 0) is 12.1 Å². The Bertz CT molecular complexity index is 1130. The van der Waals surface area contributed by atoms with Crippen molar-refractivity contribution in [1.29, 1.82) is 0 Å². The van der Waals surface area contributed by atoms with Gasteiger partial charge in [0.05, 0.1) is 12.4 Å². The number of hydrazone groups is 1. The van der Waals surface area contributed by atoms with Crippen molar-refractivity contribution in [2.75, 3.05) is 0 Å². The standard InChI is InChI=1S/C19H17N7/c20-19(25-23-11-13-9-21-17-7-3-1-5-15(13)17)26-24-12-14-10-22-18-8-4-2-6-16(14)18/h1-12,21-22H,(H3,20,25,26)/b23-11-,24-12-. The number of aromatic amines is 2. The van der Waals surface area contributed by atoms with Gasteiger partial charge in [0, 0.05) is 45.3 Å². The van der Waals surface area contributed by atoms with E-state index in [1.54, 1.807) is 12.4 Å². The monoisotopic (exact) mass is 343 g/mol. The van der Waals surface area contributed by atoms with Crippen LogP contribution in [0.3, 0.4) is 0 Å². The van der Waals surface area contributed by atoms with Crippen LogP contribution in [0.4, 0.5) is 0 Å². The van der Waals surface area contributed by atoms with E-state index in [1.807, 2.05) is 60.9 Å². The Balaban J connectivity index is 1.42. The molecule has 0 spiro atoms. The van der Waals surface area contributed by atoms with Gasteiger partial charge in [-0.15, -0.1) is 5.10 Å². The Morgan fingerprint density at radius 2 is 1.42 bits per heavy atom. The van der Waals surface area contributed by atoms with Gasteiger partial charge in [0.15, 0.2) is 0 Å². The van der Waals surface area contributed by atoms with Crippen molar-refractivity contribution in [3.63, 3.8) is 0 Å². The smallest absolute Gasteiger partial charge is 0.234 e. The van der Waals surface area contributed by atoms with Crippen LogP contribution in [-0.4, -0.2) is 28.4 Å². The van der Waals surface area contributed by atoms with Crippen LogP contribution in [0.5, 0.6) is 0 Å². The minimum absolute atomic E-state index is 0.109. The summed E-state index contributed by atoms with van der Waals surface area (Å²) in [5.41, 5.74) is 12.4. The highest BCUT2D eigenvalue weighted by Crippen LogP contribution is 2.16. The first-order valence-corrected chi connectivity index (χ1v) is 8.09. The molecule has 5 N–H and O–H groups in total. The number of benzene rings is 2. The highest BCUT2D eigenvalue weighted by molar-refractivity contribution is 6.00. The average Bonchev–Trinajstić information content (AvgIpc) is 3.27. The van der Waals surface area contributed by atoms with Gasteiger partial charge in [-0.2, -0.15) is 10.2 Å². The second-order valence-corrected chi connectivity index (χ2v) is 5.68. The second kappa shape index (κ2) is 6.94. The van der Waals surface area contributed by atoms with E-state index in [0.717, 1.165) is 32.9 Å². The van der Waals surface area contributed by atoms with Crippen LogP contribution in [0.15, 0.2) is 76.2 Å². The topological polar surface area (TPSA) is 107 Å². The number of para-hydroxylation sites is 2. The number of nitrogens with two attached hydrogens (primary N) is 1. The summed E-state index contributed by atoms with van der Waals surface area (Å²) in [7, 11) is 0. The SMILES string of the molecule is NC(=N/N=C\c1c[nH]c2ccccc12)N/N=C\c1c[nH]c2ccccc12. The number of nitrogens with one attached hydrogen (secondary N) is 3. The third kappa shape index (κ3) is 3.18. The summed E-state index contributed by atoms with van der Waals surface area (Å²) < 4.78 is 0. The van der Waals surface area contributed by atoms with Gasteiger partial charge in [0.2, 0.25) is 5.96 Å². The fourth-order valence-electron chi connectivity index (χ4n) is 2.75. The summed E-state index contributed by atoms with van der Waals surface area (Å²) in [6, 6.07) is 16.0. The molecular formula is C19H17N7. The second-order valence-electron chi connectivity index (χ2n) is 5.68. The Morgan fingerprint density at radius 3 is 2.08 bits per heavy atom. The third-order valence-corrected chi connectivity index (χ3v) is 3.99. The molecule has 0 fully saturated rings. The zero-order valence-corrected chi connectivity index (χ0v) is 13.8. The molecule has 2 aromatic carbocycles. The molecule has 0 aliphatic heterocycles. The fourth-order valence-corrected chi connectivity index (χ4v) is 2.75. The van der Waals surface area contributed by atoms with E-state index in [2.05, 4.69) is 30.7 Å². The molecular weight excluding hydrogens is 326 g/mol. The number of hydrogen-bond donors (Lipinski definition) is 4. The summed E-state index contributed by atoms with van der Waals surface area (Å²) in [6.07, 6.45) is 7.10. The zero-order valence-electron chi connectivity index (χ0n) is 13.8. The zero-order chi connectivity index (χ0) is 17.8. The summed E-state index contributed by atoms with van der Waals surface area (Å²) in [5.74, 6) is 0.109. The lowest BCUT2D eigenvalue weighted by Gasteiger charge is -1.95. The summed E-state index contributed by atoms with van der Waals surface area (Å²) >= 11 is 0. The van der Waals surface area contributed by atoms with E-state index >= 15 is 0 Å². The molecule has 2 aromatic heterocycles. The average molecular weight is 343 g/mol. The minimum atomic E-state index is 0.109. The van der Waals surface area contributed by atoms with Crippen molar-refractivity contribution < 1.29 is 0 Å². The first-order chi connectivity index (χ1) is 12.8. The Hall–Kier alpha value is -3.87. The molecule has 26 heavy (non-hydrogen) atoms. The lowest BCUT2D eigenvalue weighted by Crippen LogP contribution is -2.26. The van der Waals surface area contributed by atoms with E-state index in [9.17, 15) is 0 Å². The van der Waals surface area contributed by atoms with Gasteiger partial charge in [-0.3, -0.25) is 0 Å². The number of fused-ring (bicyclic) bond motifs is 2. The Morgan fingerprint density at radius 1 is 0.846 bits per heavy atom.